The van der Waals surface area contributed by atoms with Gasteiger partial charge in [-0.05, 0) is 30.3 Å². The number of hydrogen-bond acceptors (Lipinski definition) is 4. The van der Waals surface area contributed by atoms with Crippen LogP contribution >= 0.6 is 0 Å². The van der Waals surface area contributed by atoms with Gasteiger partial charge in [-0.1, -0.05) is 48.5 Å². The fourth-order valence-corrected chi connectivity index (χ4v) is 4.17. The third kappa shape index (κ3) is 3.04. The van der Waals surface area contributed by atoms with E-state index < -0.39 is 6.04 Å². The number of carbonyl (C=O) groups is 1. The van der Waals surface area contributed by atoms with Crippen molar-refractivity contribution >= 4 is 11.6 Å². The average Bonchev–Trinajstić information content (AvgIpc) is 3.38. The largest absolute Gasteiger partial charge is 0.497 e. The van der Waals surface area contributed by atoms with E-state index in [0.29, 0.717) is 17.2 Å². The van der Waals surface area contributed by atoms with E-state index in [4.69, 9.17) is 9.47 Å². The van der Waals surface area contributed by atoms with Crippen molar-refractivity contribution in [3.05, 3.63) is 95.7 Å². The van der Waals surface area contributed by atoms with Crippen molar-refractivity contribution in [2.75, 3.05) is 19.1 Å². The highest BCUT2D eigenvalue weighted by molar-refractivity contribution is 6.11. The summed E-state index contributed by atoms with van der Waals surface area (Å²) in [5.41, 5.74) is 4.62. The van der Waals surface area contributed by atoms with Crippen LogP contribution in [0.4, 0.5) is 5.69 Å². The molecule has 1 aromatic heterocycles. The number of ether oxygens (including phenoxy) is 2. The fraction of sp³-hybridized carbons (Fsp3) is 0.120. The van der Waals surface area contributed by atoms with Crippen molar-refractivity contribution in [1.82, 2.24) is 10.2 Å². The molecule has 2 heterocycles. The molecule has 31 heavy (non-hydrogen) atoms. The zero-order valence-electron chi connectivity index (χ0n) is 17.2. The first-order chi connectivity index (χ1) is 15.2. The molecular weight excluding hydrogens is 390 g/mol. The molecule has 0 saturated heterocycles. The molecule has 1 atom stereocenters. The monoisotopic (exact) mass is 411 g/mol. The lowest BCUT2D eigenvalue weighted by molar-refractivity contribution is 0.0988. The lowest BCUT2D eigenvalue weighted by Gasteiger charge is -2.28. The highest BCUT2D eigenvalue weighted by Crippen LogP contribution is 2.47. The number of amides is 1. The summed E-state index contributed by atoms with van der Waals surface area (Å²) in [7, 11) is 3.25. The molecule has 0 spiro atoms. The molecule has 1 N–H and O–H groups in total. The van der Waals surface area contributed by atoms with Gasteiger partial charge in [0, 0.05) is 22.4 Å². The normalized spacial score (nSPS) is 15.1. The van der Waals surface area contributed by atoms with Crippen molar-refractivity contribution in [3.8, 4) is 22.8 Å². The number of para-hydroxylation sites is 1. The topological polar surface area (TPSA) is 67.5 Å². The predicted molar refractivity (Wildman–Crippen MR) is 119 cm³/mol. The Kier molecular flexibility index (Phi) is 4.67. The van der Waals surface area contributed by atoms with Gasteiger partial charge in [-0.2, -0.15) is 5.10 Å². The minimum absolute atomic E-state index is 0.134. The number of benzene rings is 3. The maximum absolute atomic E-state index is 13.6. The van der Waals surface area contributed by atoms with E-state index in [0.717, 1.165) is 28.1 Å². The number of nitrogens with one attached hydrogen (secondary N) is 1. The summed E-state index contributed by atoms with van der Waals surface area (Å²) in [5.74, 6) is 1.23. The second-order valence-corrected chi connectivity index (χ2v) is 7.25. The molecule has 1 aliphatic rings. The number of aromatic nitrogens is 2. The number of hydrogen-bond donors (Lipinski definition) is 1. The Labute approximate surface area is 180 Å². The van der Waals surface area contributed by atoms with Gasteiger partial charge < -0.3 is 9.47 Å². The summed E-state index contributed by atoms with van der Waals surface area (Å²) in [4.78, 5) is 15.3. The van der Waals surface area contributed by atoms with Crippen LogP contribution in [0.3, 0.4) is 0 Å². The number of fused-ring (bicyclic) bond motifs is 1. The number of aromatic amines is 1. The average molecular weight is 411 g/mol. The standard InChI is InChI=1S/C25H21N3O3/c1-30-18-13-14-20(31-2)19(15-18)24-21-22(16-9-5-3-6-10-16)26-27-23(21)25(29)28(24)17-11-7-4-8-12-17/h3-15,24H,1-2H3,(H,26,27). The second-order valence-electron chi connectivity index (χ2n) is 7.25. The first kappa shape index (κ1) is 18.9. The molecule has 0 bridgehead atoms. The van der Waals surface area contributed by atoms with Crippen molar-refractivity contribution in [1.29, 1.82) is 0 Å². The van der Waals surface area contributed by atoms with Gasteiger partial charge in [0.1, 0.15) is 17.2 Å². The molecule has 1 unspecified atom stereocenters. The van der Waals surface area contributed by atoms with E-state index in [2.05, 4.69) is 10.2 Å². The van der Waals surface area contributed by atoms with E-state index >= 15 is 0 Å². The van der Waals surface area contributed by atoms with Gasteiger partial charge in [0.25, 0.3) is 5.91 Å². The minimum atomic E-state index is -0.427. The molecule has 1 aliphatic heterocycles. The van der Waals surface area contributed by atoms with Crippen molar-refractivity contribution in [2.45, 2.75) is 6.04 Å². The fourth-order valence-electron chi connectivity index (χ4n) is 4.17. The van der Waals surface area contributed by atoms with Gasteiger partial charge >= 0.3 is 0 Å². The molecule has 0 radical (unpaired) electrons. The Morgan fingerprint density at radius 2 is 1.61 bits per heavy atom. The highest BCUT2D eigenvalue weighted by atomic mass is 16.5. The van der Waals surface area contributed by atoms with E-state index in [1.807, 2.05) is 78.9 Å². The van der Waals surface area contributed by atoms with Gasteiger partial charge in [-0.15, -0.1) is 0 Å². The molecular formula is C25H21N3O3. The van der Waals surface area contributed by atoms with Crippen LogP contribution in [0.2, 0.25) is 0 Å². The number of rotatable bonds is 5. The summed E-state index contributed by atoms with van der Waals surface area (Å²) < 4.78 is 11.2. The number of anilines is 1. The SMILES string of the molecule is COc1ccc(OC)c(C2c3c(-c4ccccc4)n[nH]c3C(=O)N2c2ccccc2)c1. The second kappa shape index (κ2) is 7.65. The Bertz CT molecular complexity index is 1240. The Morgan fingerprint density at radius 1 is 0.903 bits per heavy atom. The van der Waals surface area contributed by atoms with Crippen LogP contribution in [-0.2, 0) is 0 Å². The van der Waals surface area contributed by atoms with Gasteiger partial charge in [-0.3, -0.25) is 14.8 Å². The summed E-state index contributed by atoms with van der Waals surface area (Å²) >= 11 is 0. The van der Waals surface area contributed by atoms with Crippen LogP contribution in [0.1, 0.15) is 27.7 Å². The van der Waals surface area contributed by atoms with Crippen molar-refractivity contribution in [2.24, 2.45) is 0 Å². The van der Waals surface area contributed by atoms with Crippen LogP contribution in [-0.4, -0.2) is 30.3 Å². The molecule has 6 nitrogen and oxygen atoms in total. The molecule has 3 aromatic carbocycles. The van der Waals surface area contributed by atoms with E-state index in [-0.39, 0.29) is 5.91 Å². The molecule has 154 valence electrons. The zero-order chi connectivity index (χ0) is 21.4. The van der Waals surface area contributed by atoms with Gasteiger partial charge in [0.15, 0.2) is 0 Å². The Balaban J connectivity index is 1.78. The number of H-pyrrole nitrogens is 1. The van der Waals surface area contributed by atoms with Crippen LogP contribution in [0.5, 0.6) is 11.5 Å². The third-order valence-corrected chi connectivity index (χ3v) is 5.58. The molecule has 0 aliphatic carbocycles. The summed E-state index contributed by atoms with van der Waals surface area (Å²) in [6, 6.07) is 24.7. The maximum atomic E-state index is 13.6. The Morgan fingerprint density at radius 3 is 2.29 bits per heavy atom. The molecule has 6 heteroatoms. The van der Waals surface area contributed by atoms with Crippen molar-refractivity contribution < 1.29 is 14.3 Å². The van der Waals surface area contributed by atoms with Crippen LogP contribution < -0.4 is 14.4 Å². The highest BCUT2D eigenvalue weighted by Gasteiger charge is 2.44. The maximum Gasteiger partial charge on any atom is 0.277 e. The van der Waals surface area contributed by atoms with Gasteiger partial charge in [0.05, 0.1) is 26.0 Å². The smallest absolute Gasteiger partial charge is 0.277 e. The molecule has 4 aromatic rings. The summed E-state index contributed by atoms with van der Waals surface area (Å²) in [5, 5.41) is 7.50. The zero-order valence-corrected chi connectivity index (χ0v) is 17.2. The first-order valence-electron chi connectivity index (χ1n) is 9.97. The predicted octanol–water partition coefficient (Wildman–Crippen LogP) is 4.84. The quantitative estimate of drug-likeness (QED) is 0.510. The first-order valence-corrected chi connectivity index (χ1v) is 9.97. The van der Waals surface area contributed by atoms with Crippen molar-refractivity contribution in [3.63, 3.8) is 0 Å². The third-order valence-electron chi connectivity index (χ3n) is 5.58. The van der Waals surface area contributed by atoms with Crippen LogP contribution in [0, 0.1) is 0 Å². The van der Waals surface area contributed by atoms with E-state index in [9.17, 15) is 4.79 Å². The van der Waals surface area contributed by atoms with E-state index in [1.165, 1.54) is 0 Å². The van der Waals surface area contributed by atoms with Crippen LogP contribution in [0.25, 0.3) is 11.3 Å². The van der Waals surface area contributed by atoms with E-state index in [1.54, 1.807) is 19.1 Å². The number of methoxy groups -OCH3 is 2. The molecule has 1 amide bonds. The lowest BCUT2D eigenvalue weighted by atomic mass is 9.95. The van der Waals surface area contributed by atoms with Gasteiger partial charge in [-0.25, -0.2) is 0 Å². The summed E-state index contributed by atoms with van der Waals surface area (Å²) in [6.07, 6.45) is 0. The summed E-state index contributed by atoms with van der Waals surface area (Å²) in [6.45, 7) is 0. The molecule has 0 fully saturated rings. The number of nitrogens with zero attached hydrogens (tertiary/aromatic N) is 2. The van der Waals surface area contributed by atoms with Gasteiger partial charge in [0.2, 0.25) is 0 Å². The minimum Gasteiger partial charge on any atom is -0.497 e. The van der Waals surface area contributed by atoms with Crippen LogP contribution in [0.15, 0.2) is 78.9 Å². The number of carbonyl (C=O) groups excluding carboxylic acids is 1. The molecule has 0 saturated carbocycles. The molecule has 5 rings (SSSR count). The lowest BCUT2D eigenvalue weighted by Crippen LogP contribution is -2.29. The Hall–Kier alpha value is -4.06.